The van der Waals surface area contributed by atoms with Gasteiger partial charge < -0.3 is 19.9 Å². The topological polar surface area (TPSA) is 123 Å². The van der Waals surface area contributed by atoms with Crippen LogP contribution in [0.3, 0.4) is 0 Å². The predicted molar refractivity (Wildman–Crippen MR) is 102 cm³/mol. The smallest absolute Gasteiger partial charge is 0.351 e. The second-order valence-corrected chi connectivity index (χ2v) is 7.74. The zero-order chi connectivity index (χ0) is 21.9. The summed E-state index contributed by atoms with van der Waals surface area (Å²) in [6, 6.07) is 1.30. The lowest BCUT2D eigenvalue weighted by atomic mass is 9.98. The Morgan fingerprint density at radius 2 is 1.97 bits per heavy atom. The molecule has 1 aliphatic heterocycles. The molecule has 162 valence electrons. The Hall–Kier alpha value is -2.20. The Bertz CT molecular complexity index is 817. The highest BCUT2D eigenvalue weighted by Gasteiger charge is 2.59. The Morgan fingerprint density at radius 3 is 2.48 bits per heavy atom. The largest absolute Gasteiger partial charge is 0.462 e. The molecule has 1 aliphatic rings. The summed E-state index contributed by atoms with van der Waals surface area (Å²) < 4.78 is 32.6. The maximum atomic E-state index is 15.4. The molecular weight excluding hydrogens is 409 g/mol. The van der Waals surface area contributed by atoms with Gasteiger partial charge in [-0.15, -0.1) is 11.6 Å². The Labute approximate surface area is 172 Å². The highest BCUT2D eigenvalue weighted by Crippen LogP contribution is 2.42. The van der Waals surface area contributed by atoms with Crippen LogP contribution < -0.4 is 11.4 Å². The molecule has 1 saturated heterocycles. The lowest BCUT2D eigenvalue weighted by Crippen LogP contribution is -2.51. The fourth-order valence-electron chi connectivity index (χ4n) is 2.70. The zero-order valence-electron chi connectivity index (χ0n) is 16.6. The van der Waals surface area contributed by atoms with E-state index >= 15 is 4.39 Å². The molecule has 11 heteroatoms. The number of aromatic nitrogens is 2. The van der Waals surface area contributed by atoms with Gasteiger partial charge in [0.05, 0.1) is 17.7 Å². The van der Waals surface area contributed by atoms with Crippen molar-refractivity contribution in [1.29, 1.82) is 0 Å². The highest BCUT2D eigenvalue weighted by molar-refractivity contribution is 6.18. The number of hydrogen-bond donors (Lipinski definition) is 1. The molecule has 0 spiro atoms. The molecule has 0 bridgehead atoms. The van der Waals surface area contributed by atoms with E-state index in [4.69, 9.17) is 31.5 Å². The van der Waals surface area contributed by atoms with Crippen LogP contribution in [0.1, 0.15) is 33.9 Å². The van der Waals surface area contributed by atoms with E-state index in [2.05, 4.69) is 4.98 Å². The Balaban J connectivity index is 2.42. The van der Waals surface area contributed by atoms with Crippen molar-refractivity contribution in [2.24, 2.45) is 11.8 Å². The van der Waals surface area contributed by atoms with Crippen molar-refractivity contribution in [2.75, 3.05) is 18.2 Å². The molecule has 2 rings (SSSR count). The van der Waals surface area contributed by atoms with Crippen molar-refractivity contribution in [3.63, 3.8) is 0 Å². The number of hydrogen-bond acceptors (Lipinski definition) is 8. The van der Waals surface area contributed by atoms with E-state index in [9.17, 15) is 14.4 Å². The average Bonchev–Trinajstić information content (AvgIpc) is 2.92. The quantitative estimate of drug-likeness (QED) is 0.506. The van der Waals surface area contributed by atoms with Gasteiger partial charge in [-0.2, -0.15) is 4.98 Å². The van der Waals surface area contributed by atoms with Crippen LogP contribution in [-0.4, -0.2) is 51.9 Å². The summed E-state index contributed by atoms with van der Waals surface area (Å²) in [5.41, 5.74) is 2.93. The van der Waals surface area contributed by atoms with Gasteiger partial charge in [-0.05, 0) is 6.07 Å². The van der Waals surface area contributed by atoms with Gasteiger partial charge in [-0.25, -0.2) is 9.18 Å². The van der Waals surface area contributed by atoms with Crippen LogP contribution in [0, 0.1) is 11.8 Å². The molecule has 29 heavy (non-hydrogen) atoms. The van der Waals surface area contributed by atoms with E-state index in [-0.39, 0.29) is 11.7 Å². The molecule has 2 N–H and O–H groups in total. The van der Waals surface area contributed by atoms with Crippen molar-refractivity contribution in [1.82, 2.24) is 9.55 Å². The van der Waals surface area contributed by atoms with Gasteiger partial charge in [-0.3, -0.25) is 14.2 Å². The second-order valence-electron chi connectivity index (χ2n) is 7.47. The molecule has 0 aromatic carbocycles. The number of carbonyl (C=O) groups is 2. The van der Waals surface area contributed by atoms with Crippen LogP contribution in [-0.2, 0) is 23.8 Å². The third-order valence-corrected chi connectivity index (χ3v) is 4.88. The first kappa shape index (κ1) is 23.1. The van der Waals surface area contributed by atoms with Crippen molar-refractivity contribution in [2.45, 2.75) is 51.8 Å². The fourth-order valence-corrected chi connectivity index (χ4v) is 2.99. The van der Waals surface area contributed by atoms with Crippen molar-refractivity contribution >= 4 is 29.4 Å². The van der Waals surface area contributed by atoms with Crippen LogP contribution >= 0.6 is 11.6 Å². The molecule has 4 unspecified atom stereocenters. The third kappa shape index (κ3) is 4.87. The number of nitrogen functional groups attached to an aromatic ring is 1. The summed E-state index contributed by atoms with van der Waals surface area (Å²) in [6.07, 6.45) is -3.77. The van der Waals surface area contributed by atoms with Crippen molar-refractivity contribution in [3.8, 4) is 0 Å². The molecule has 1 fully saturated rings. The summed E-state index contributed by atoms with van der Waals surface area (Å²) in [7, 11) is 0. The van der Waals surface area contributed by atoms with Crippen LogP contribution in [0.5, 0.6) is 0 Å². The number of alkyl halides is 2. The van der Waals surface area contributed by atoms with Crippen LogP contribution in [0.2, 0.25) is 0 Å². The molecule has 0 saturated carbocycles. The third-order valence-electron chi connectivity index (χ3n) is 4.43. The van der Waals surface area contributed by atoms with Gasteiger partial charge in [-0.1, -0.05) is 27.7 Å². The standard InChI is InChI=1S/C18H25ClFN3O6/c1-9(2)15(24)27-8-18(7-19)13(28-16(25)10(3)4)12(20)14(29-18)23-6-5-11(21)22-17(23)26/h5-6,9-10,12-14H,7-8H2,1-4H3,(H2,21,22,26). The summed E-state index contributed by atoms with van der Waals surface area (Å²) in [5, 5.41) is 0. The number of carbonyl (C=O) groups excluding carboxylic acids is 2. The lowest BCUT2D eigenvalue weighted by Gasteiger charge is -2.32. The highest BCUT2D eigenvalue weighted by atomic mass is 35.5. The maximum Gasteiger partial charge on any atom is 0.351 e. The number of rotatable bonds is 7. The number of esters is 2. The molecule has 0 amide bonds. The van der Waals surface area contributed by atoms with Crippen molar-refractivity contribution in [3.05, 3.63) is 22.7 Å². The van der Waals surface area contributed by atoms with Gasteiger partial charge in [0, 0.05) is 6.20 Å². The summed E-state index contributed by atoms with van der Waals surface area (Å²) in [4.78, 5) is 39.8. The second kappa shape index (κ2) is 9.08. The van der Waals surface area contributed by atoms with Gasteiger partial charge in [0.1, 0.15) is 12.4 Å². The average molecular weight is 434 g/mol. The minimum atomic E-state index is -1.97. The number of halogens is 2. The first-order valence-electron chi connectivity index (χ1n) is 9.12. The molecular formula is C18H25ClFN3O6. The van der Waals surface area contributed by atoms with Gasteiger partial charge in [0.2, 0.25) is 0 Å². The van der Waals surface area contributed by atoms with Gasteiger partial charge >= 0.3 is 17.6 Å². The Morgan fingerprint density at radius 1 is 1.34 bits per heavy atom. The van der Waals surface area contributed by atoms with E-state index in [0.717, 1.165) is 4.57 Å². The molecule has 0 aliphatic carbocycles. The zero-order valence-corrected chi connectivity index (χ0v) is 17.4. The SMILES string of the molecule is CC(C)C(=O)OCC1(CCl)OC(n2ccc(N)nc2=O)C(F)C1OC(=O)C(C)C. The number of nitrogens with two attached hydrogens (primary N) is 1. The first-order valence-corrected chi connectivity index (χ1v) is 9.65. The minimum Gasteiger partial charge on any atom is -0.462 e. The number of anilines is 1. The predicted octanol–water partition coefficient (Wildman–Crippen LogP) is 1.44. The van der Waals surface area contributed by atoms with E-state index in [1.165, 1.54) is 12.3 Å². The summed E-state index contributed by atoms with van der Waals surface area (Å²) >= 11 is 6.07. The summed E-state index contributed by atoms with van der Waals surface area (Å²) in [6.45, 7) is 5.96. The van der Waals surface area contributed by atoms with E-state index in [0.29, 0.717) is 0 Å². The minimum absolute atomic E-state index is 0.0445. The Kier molecular flexibility index (Phi) is 7.23. The first-order chi connectivity index (χ1) is 13.5. The van der Waals surface area contributed by atoms with Gasteiger partial charge in [0.15, 0.2) is 24.1 Å². The molecule has 1 aromatic heterocycles. The lowest BCUT2D eigenvalue weighted by molar-refractivity contribution is -0.177. The van der Waals surface area contributed by atoms with E-state index in [1.807, 2.05) is 0 Å². The molecule has 2 heterocycles. The maximum absolute atomic E-state index is 15.4. The number of ether oxygens (including phenoxy) is 3. The summed E-state index contributed by atoms with van der Waals surface area (Å²) in [5.74, 6) is -2.64. The van der Waals surface area contributed by atoms with Crippen LogP contribution in [0.4, 0.5) is 10.2 Å². The normalized spacial score (nSPS) is 26.7. The molecule has 4 atom stereocenters. The molecule has 1 aromatic rings. The monoisotopic (exact) mass is 433 g/mol. The van der Waals surface area contributed by atoms with E-state index < -0.39 is 60.2 Å². The number of nitrogens with zero attached hydrogens (tertiary/aromatic N) is 2. The van der Waals surface area contributed by atoms with Crippen LogP contribution in [0.25, 0.3) is 0 Å². The van der Waals surface area contributed by atoms with Crippen molar-refractivity contribution < 1.29 is 28.2 Å². The molecule has 0 radical (unpaired) electrons. The van der Waals surface area contributed by atoms with Gasteiger partial charge in [0.25, 0.3) is 0 Å². The molecule has 9 nitrogen and oxygen atoms in total. The van der Waals surface area contributed by atoms with Crippen LogP contribution in [0.15, 0.2) is 17.1 Å². The van der Waals surface area contributed by atoms with E-state index in [1.54, 1.807) is 27.7 Å². The fraction of sp³-hybridized carbons (Fsp3) is 0.667.